The molecule has 0 saturated heterocycles. The summed E-state index contributed by atoms with van der Waals surface area (Å²) in [5.41, 5.74) is 5.90. The lowest BCUT2D eigenvalue weighted by Gasteiger charge is -2.15. The molecular formula is C11H25NO. The van der Waals surface area contributed by atoms with Gasteiger partial charge >= 0.3 is 0 Å². The molecule has 1 unspecified atom stereocenters. The van der Waals surface area contributed by atoms with E-state index in [1.807, 2.05) is 0 Å². The summed E-state index contributed by atoms with van der Waals surface area (Å²) < 4.78 is 5.47. The van der Waals surface area contributed by atoms with Gasteiger partial charge in [0.2, 0.25) is 0 Å². The molecule has 0 aliphatic carbocycles. The Balaban J connectivity index is 3.16. The van der Waals surface area contributed by atoms with E-state index < -0.39 is 0 Å². The molecule has 0 rings (SSSR count). The van der Waals surface area contributed by atoms with Gasteiger partial charge in [-0.3, -0.25) is 0 Å². The molecule has 80 valence electrons. The number of hydrogen-bond donors (Lipinski definition) is 1. The zero-order valence-corrected chi connectivity index (χ0v) is 9.55. The van der Waals surface area contributed by atoms with Gasteiger partial charge in [0.15, 0.2) is 0 Å². The maximum Gasteiger partial charge on any atom is 0.0488 e. The molecule has 0 fully saturated rings. The van der Waals surface area contributed by atoms with E-state index in [4.69, 9.17) is 10.5 Å². The van der Waals surface area contributed by atoms with Gasteiger partial charge in [0, 0.05) is 19.3 Å². The number of hydrogen-bond acceptors (Lipinski definition) is 2. The van der Waals surface area contributed by atoms with Crippen molar-refractivity contribution < 1.29 is 4.74 Å². The van der Waals surface area contributed by atoms with E-state index in [0.717, 1.165) is 26.1 Å². The van der Waals surface area contributed by atoms with Gasteiger partial charge in [-0.25, -0.2) is 0 Å². The molecule has 0 radical (unpaired) electrons. The second-order valence-corrected chi connectivity index (χ2v) is 4.52. The fourth-order valence-corrected chi connectivity index (χ4v) is 1.07. The van der Waals surface area contributed by atoms with Crippen LogP contribution in [0.1, 0.15) is 40.5 Å². The number of nitrogens with two attached hydrogens (primary N) is 1. The first-order valence-electron chi connectivity index (χ1n) is 5.37. The molecule has 0 aliphatic rings. The van der Waals surface area contributed by atoms with Crippen LogP contribution in [-0.2, 0) is 4.74 Å². The standard InChI is InChI=1S/C11H25NO/c1-9(2)8-13-7-5-6-11(12)10(3)4/h9-11H,5-8,12H2,1-4H3. The van der Waals surface area contributed by atoms with Crippen molar-refractivity contribution in [1.29, 1.82) is 0 Å². The molecule has 2 N–H and O–H groups in total. The zero-order valence-electron chi connectivity index (χ0n) is 9.55. The van der Waals surface area contributed by atoms with Crippen LogP contribution in [0.5, 0.6) is 0 Å². The molecule has 0 aromatic heterocycles. The van der Waals surface area contributed by atoms with Crippen LogP contribution >= 0.6 is 0 Å². The van der Waals surface area contributed by atoms with E-state index in [0.29, 0.717) is 17.9 Å². The molecule has 2 heteroatoms. The Bertz CT molecular complexity index is 113. The Hall–Kier alpha value is -0.0800. The molecule has 0 spiro atoms. The number of ether oxygens (including phenoxy) is 1. The topological polar surface area (TPSA) is 35.2 Å². The zero-order chi connectivity index (χ0) is 10.3. The third kappa shape index (κ3) is 8.26. The minimum absolute atomic E-state index is 0.336. The molecule has 13 heavy (non-hydrogen) atoms. The van der Waals surface area contributed by atoms with Gasteiger partial charge in [-0.2, -0.15) is 0 Å². The molecule has 0 bridgehead atoms. The molecule has 2 nitrogen and oxygen atoms in total. The minimum Gasteiger partial charge on any atom is -0.381 e. The predicted octanol–water partition coefficient (Wildman–Crippen LogP) is 2.42. The first kappa shape index (κ1) is 12.9. The van der Waals surface area contributed by atoms with Gasteiger partial charge in [-0.05, 0) is 24.7 Å². The van der Waals surface area contributed by atoms with E-state index in [1.54, 1.807) is 0 Å². The van der Waals surface area contributed by atoms with E-state index >= 15 is 0 Å². The highest BCUT2D eigenvalue weighted by molar-refractivity contribution is 4.64. The van der Waals surface area contributed by atoms with Crippen molar-refractivity contribution in [2.45, 2.75) is 46.6 Å². The largest absolute Gasteiger partial charge is 0.381 e. The maximum absolute atomic E-state index is 5.90. The Morgan fingerprint density at radius 3 is 2.23 bits per heavy atom. The van der Waals surface area contributed by atoms with Crippen molar-refractivity contribution in [3.63, 3.8) is 0 Å². The Kier molecular flexibility index (Phi) is 7.29. The Morgan fingerprint density at radius 2 is 1.77 bits per heavy atom. The predicted molar refractivity (Wildman–Crippen MR) is 57.7 cm³/mol. The van der Waals surface area contributed by atoms with Crippen LogP contribution in [0.3, 0.4) is 0 Å². The summed E-state index contributed by atoms with van der Waals surface area (Å²) in [7, 11) is 0. The van der Waals surface area contributed by atoms with Crippen LogP contribution in [0, 0.1) is 11.8 Å². The highest BCUT2D eigenvalue weighted by atomic mass is 16.5. The maximum atomic E-state index is 5.90. The van der Waals surface area contributed by atoms with Gasteiger partial charge in [0.25, 0.3) is 0 Å². The van der Waals surface area contributed by atoms with E-state index in [9.17, 15) is 0 Å². The van der Waals surface area contributed by atoms with Crippen LogP contribution in [0.2, 0.25) is 0 Å². The van der Waals surface area contributed by atoms with E-state index in [2.05, 4.69) is 27.7 Å². The first-order valence-corrected chi connectivity index (χ1v) is 5.37. The normalized spacial score (nSPS) is 14.1. The van der Waals surface area contributed by atoms with Gasteiger partial charge < -0.3 is 10.5 Å². The molecule has 0 aliphatic heterocycles. The second-order valence-electron chi connectivity index (χ2n) is 4.52. The lowest BCUT2D eigenvalue weighted by molar-refractivity contribution is 0.105. The molecule has 0 aromatic rings. The Labute approximate surface area is 82.8 Å². The quantitative estimate of drug-likeness (QED) is 0.621. The smallest absolute Gasteiger partial charge is 0.0488 e. The third-order valence-electron chi connectivity index (χ3n) is 2.13. The summed E-state index contributed by atoms with van der Waals surface area (Å²) in [6.45, 7) is 10.4. The average molecular weight is 187 g/mol. The van der Waals surface area contributed by atoms with Crippen molar-refractivity contribution in [2.24, 2.45) is 17.6 Å². The van der Waals surface area contributed by atoms with Crippen molar-refractivity contribution >= 4 is 0 Å². The molecule has 0 amide bonds. The summed E-state index contributed by atoms with van der Waals surface area (Å²) in [5, 5.41) is 0. The van der Waals surface area contributed by atoms with Crippen LogP contribution < -0.4 is 5.73 Å². The van der Waals surface area contributed by atoms with Gasteiger partial charge in [0.05, 0.1) is 0 Å². The van der Waals surface area contributed by atoms with Gasteiger partial charge in [-0.15, -0.1) is 0 Å². The summed E-state index contributed by atoms with van der Waals surface area (Å²) in [4.78, 5) is 0. The monoisotopic (exact) mass is 187 g/mol. The molecule has 0 saturated carbocycles. The molecule has 0 heterocycles. The van der Waals surface area contributed by atoms with Crippen molar-refractivity contribution in [1.82, 2.24) is 0 Å². The first-order chi connectivity index (χ1) is 6.04. The lowest BCUT2D eigenvalue weighted by Crippen LogP contribution is -2.26. The average Bonchev–Trinajstić information content (AvgIpc) is 2.02. The van der Waals surface area contributed by atoms with Crippen LogP contribution in [0.15, 0.2) is 0 Å². The van der Waals surface area contributed by atoms with Crippen molar-refractivity contribution in [3.8, 4) is 0 Å². The summed E-state index contributed by atoms with van der Waals surface area (Å²) in [6, 6.07) is 0.336. The van der Waals surface area contributed by atoms with Crippen LogP contribution in [-0.4, -0.2) is 19.3 Å². The lowest BCUT2D eigenvalue weighted by atomic mass is 10.0. The Morgan fingerprint density at radius 1 is 1.15 bits per heavy atom. The fourth-order valence-electron chi connectivity index (χ4n) is 1.07. The van der Waals surface area contributed by atoms with Crippen molar-refractivity contribution in [2.75, 3.05) is 13.2 Å². The summed E-state index contributed by atoms with van der Waals surface area (Å²) >= 11 is 0. The van der Waals surface area contributed by atoms with Gasteiger partial charge in [-0.1, -0.05) is 27.7 Å². The van der Waals surface area contributed by atoms with Crippen molar-refractivity contribution in [3.05, 3.63) is 0 Å². The van der Waals surface area contributed by atoms with E-state index in [-0.39, 0.29) is 0 Å². The molecular weight excluding hydrogens is 162 g/mol. The minimum atomic E-state index is 0.336. The highest BCUT2D eigenvalue weighted by Crippen LogP contribution is 2.05. The summed E-state index contributed by atoms with van der Waals surface area (Å²) in [6.07, 6.45) is 2.17. The fraction of sp³-hybridized carbons (Fsp3) is 1.00. The second kappa shape index (κ2) is 7.34. The SMILES string of the molecule is CC(C)COCCCC(N)C(C)C. The van der Waals surface area contributed by atoms with E-state index in [1.165, 1.54) is 0 Å². The highest BCUT2D eigenvalue weighted by Gasteiger charge is 2.06. The molecule has 1 atom stereocenters. The molecule has 0 aromatic carbocycles. The third-order valence-corrected chi connectivity index (χ3v) is 2.13. The van der Waals surface area contributed by atoms with Gasteiger partial charge in [0.1, 0.15) is 0 Å². The number of rotatable bonds is 7. The summed E-state index contributed by atoms with van der Waals surface area (Å²) in [5.74, 6) is 1.23. The van der Waals surface area contributed by atoms with Crippen LogP contribution in [0.4, 0.5) is 0 Å². The van der Waals surface area contributed by atoms with Crippen LogP contribution in [0.25, 0.3) is 0 Å².